The maximum atomic E-state index is 11.5. The first-order valence-electron chi connectivity index (χ1n) is 7.73. The second-order valence-electron chi connectivity index (χ2n) is 6.44. The Hall–Kier alpha value is -0.610. The van der Waals surface area contributed by atoms with E-state index < -0.39 is 5.97 Å². The molecule has 1 heterocycles. The molecule has 0 bridgehead atoms. The number of rotatable bonds is 5. The third kappa shape index (κ3) is 3.69. The maximum Gasteiger partial charge on any atom is 0.320 e. The number of hydrogen-bond donors (Lipinski definition) is 1. The summed E-state index contributed by atoms with van der Waals surface area (Å²) < 4.78 is 0. The van der Waals surface area contributed by atoms with E-state index in [1.807, 2.05) is 0 Å². The second-order valence-corrected chi connectivity index (χ2v) is 6.44. The van der Waals surface area contributed by atoms with Crippen molar-refractivity contribution in [1.29, 1.82) is 0 Å². The van der Waals surface area contributed by atoms with Crippen molar-refractivity contribution in [3.63, 3.8) is 0 Å². The standard InChI is InChI=1S/C15H28N2O2/c1-16(2)10-5-11-17-13-7-4-3-6-12(13)8-9-14(17)15(18)19/h12-14H,3-11H2,1-2H3,(H,18,19). The lowest BCUT2D eigenvalue weighted by Gasteiger charge is -2.47. The van der Waals surface area contributed by atoms with Gasteiger partial charge in [0.1, 0.15) is 6.04 Å². The van der Waals surface area contributed by atoms with Crippen molar-refractivity contribution in [1.82, 2.24) is 9.80 Å². The third-order valence-electron chi connectivity index (χ3n) is 4.81. The molecule has 0 aromatic heterocycles. The zero-order valence-electron chi connectivity index (χ0n) is 12.3. The molecule has 110 valence electrons. The molecule has 0 spiro atoms. The molecule has 0 amide bonds. The molecule has 3 atom stereocenters. The molecule has 0 radical (unpaired) electrons. The average Bonchev–Trinajstić information content (AvgIpc) is 2.38. The van der Waals surface area contributed by atoms with E-state index in [1.54, 1.807) is 0 Å². The molecule has 1 aliphatic heterocycles. The van der Waals surface area contributed by atoms with Crippen LogP contribution in [0.4, 0.5) is 0 Å². The van der Waals surface area contributed by atoms with Crippen LogP contribution in [0.1, 0.15) is 44.9 Å². The molecule has 1 saturated heterocycles. The van der Waals surface area contributed by atoms with Gasteiger partial charge in [-0.15, -0.1) is 0 Å². The number of nitrogens with zero attached hydrogens (tertiary/aromatic N) is 2. The number of hydrogen-bond acceptors (Lipinski definition) is 3. The highest BCUT2D eigenvalue weighted by molar-refractivity contribution is 5.73. The summed E-state index contributed by atoms with van der Waals surface area (Å²) in [7, 11) is 4.16. The summed E-state index contributed by atoms with van der Waals surface area (Å²) in [6, 6.07) is 0.298. The second kappa shape index (κ2) is 6.71. The largest absolute Gasteiger partial charge is 0.480 e. The van der Waals surface area contributed by atoms with Crippen molar-refractivity contribution < 1.29 is 9.90 Å². The van der Waals surface area contributed by atoms with Crippen LogP contribution in [0, 0.1) is 5.92 Å². The normalized spacial score (nSPS) is 32.3. The molecule has 1 saturated carbocycles. The van der Waals surface area contributed by atoms with E-state index in [1.165, 1.54) is 25.7 Å². The lowest BCUT2D eigenvalue weighted by atomic mass is 9.76. The number of aliphatic carboxylic acids is 1. The first kappa shape index (κ1) is 14.8. The average molecular weight is 268 g/mol. The highest BCUT2D eigenvalue weighted by Gasteiger charge is 2.40. The molecule has 4 heteroatoms. The zero-order valence-corrected chi connectivity index (χ0v) is 12.3. The summed E-state index contributed by atoms with van der Waals surface area (Å²) in [6.07, 6.45) is 8.16. The van der Waals surface area contributed by atoms with Crippen LogP contribution < -0.4 is 0 Å². The number of piperidine rings is 1. The topological polar surface area (TPSA) is 43.8 Å². The van der Waals surface area contributed by atoms with Gasteiger partial charge in [-0.1, -0.05) is 12.8 Å². The maximum absolute atomic E-state index is 11.5. The van der Waals surface area contributed by atoms with Crippen molar-refractivity contribution in [3.8, 4) is 0 Å². The van der Waals surface area contributed by atoms with Gasteiger partial charge in [0, 0.05) is 12.6 Å². The van der Waals surface area contributed by atoms with Gasteiger partial charge >= 0.3 is 5.97 Å². The predicted molar refractivity (Wildman–Crippen MR) is 76.3 cm³/mol. The zero-order chi connectivity index (χ0) is 13.8. The predicted octanol–water partition coefficient (Wildman–Crippen LogP) is 2.05. The van der Waals surface area contributed by atoms with Crippen molar-refractivity contribution in [2.75, 3.05) is 27.2 Å². The molecule has 1 aliphatic carbocycles. The van der Waals surface area contributed by atoms with Gasteiger partial charge in [-0.3, -0.25) is 9.69 Å². The van der Waals surface area contributed by atoms with Gasteiger partial charge < -0.3 is 10.0 Å². The first-order valence-corrected chi connectivity index (χ1v) is 7.73. The molecule has 4 nitrogen and oxygen atoms in total. The Morgan fingerprint density at radius 2 is 1.95 bits per heavy atom. The summed E-state index contributed by atoms with van der Waals surface area (Å²) in [5.74, 6) is 0.137. The highest BCUT2D eigenvalue weighted by Crippen LogP contribution is 2.37. The lowest BCUT2D eigenvalue weighted by Crippen LogP contribution is -2.55. The molecule has 2 fully saturated rings. The molecule has 2 rings (SSSR count). The Labute approximate surface area is 116 Å². The molecule has 19 heavy (non-hydrogen) atoms. The smallest absolute Gasteiger partial charge is 0.320 e. The number of carboxylic acid groups (broad SMARTS) is 1. The number of carboxylic acids is 1. The van der Waals surface area contributed by atoms with Crippen molar-refractivity contribution in [2.24, 2.45) is 5.92 Å². The fourth-order valence-corrected chi connectivity index (χ4v) is 3.89. The van der Waals surface area contributed by atoms with Crippen LogP contribution in [0.25, 0.3) is 0 Å². The first-order chi connectivity index (χ1) is 9.09. The van der Waals surface area contributed by atoms with Crippen LogP contribution in [0.5, 0.6) is 0 Å². The lowest BCUT2D eigenvalue weighted by molar-refractivity contribution is -0.148. The molecule has 0 aromatic rings. The van der Waals surface area contributed by atoms with Crippen molar-refractivity contribution in [3.05, 3.63) is 0 Å². The van der Waals surface area contributed by atoms with Gasteiger partial charge in [-0.2, -0.15) is 0 Å². The van der Waals surface area contributed by atoms with E-state index >= 15 is 0 Å². The van der Waals surface area contributed by atoms with E-state index in [2.05, 4.69) is 23.9 Å². The van der Waals surface area contributed by atoms with Crippen LogP contribution in [-0.4, -0.2) is 60.1 Å². The van der Waals surface area contributed by atoms with Crippen molar-refractivity contribution >= 4 is 5.97 Å². The Morgan fingerprint density at radius 3 is 2.63 bits per heavy atom. The van der Waals surface area contributed by atoms with Gasteiger partial charge in [0.25, 0.3) is 0 Å². The Kier molecular flexibility index (Phi) is 5.22. The van der Waals surface area contributed by atoms with Crippen LogP contribution in [0.3, 0.4) is 0 Å². The van der Waals surface area contributed by atoms with Crippen LogP contribution >= 0.6 is 0 Å². The number of fused-ring (bicyclic) bond motifs is 1. The molecule has 2 aliphatic rings. The highest BCUT2D eigenvalue weighted by atomic mass is 16.4. The number of likely N-dealkylation sites (tertiary alicyclic amines) is 1. The molecule has 1 N–H and O–H groups in total. The molecule has 0 aromatic carbocycles. The minimum atomic E-state index is -0.617. The molecular formula is C15H28N2O2. The van der Waals surface area contributed by atoms with Gasteiger partial charge in [0.15, 0.2) is 0 Å². The summed E-state index contributed by atoms with van der Waals surface area (Å²) in [5.41, 5.74) is 0. The Bertz CT molecular complexity index is 307. The Morgan fingerprint density at radius 1 is 1.21 bits per heavy atom. The minimum Gasteiger partial charge on any atom is -0.480 e. The van der Waals surface area contributed by atoms with Gasteiger partial charge in [0.05, 0.1) is 0 Å². The van der Waals surface area contributed by atoms with E-state index in [-0.39, 0.29) is 6.04 Å². The van der Waals surface area contributed by atoms with Gasteiger partial charge in [0.2, 0.25) is 0 Å². The van der Waals surface area contributed by atoms with Crippen LogP contribution in [0.15, 0.2) is 0 Å². The number of carbonyl (C=O) groups is 1. The molecular weight excluding hydrogens is 240 g/mol. The minimum absolute atomic E-state index is 0.235. The monoisotopic (exact) mass is 268 g/mol. The molecule has 3 unspecified atom stereocenters. The van der Waals surface area contributed by atoms with E-state index in [0.717, 1.165) is 38.3 Å². The van der Waals surface area contributed by atoms with E-state index in [4.69, 9.17) is 0 Å². The SMILES string of the molecule is CN(C)CCCN1C(C(=O)O)CCC2CCCCC21. The summed E-state index contributed by atoms with van der Waals surface area (Å²) >= 11 is 0. The van der Waals surface area contributed by atoms with E-state index in [0.29, 0.717) is 6.04 Å². The fourth-order valence-electron chi connectivity index (χ4n) is 3.89. The summed E-state index contributed by atoms with van der Waals surface area (Å²) in [4.78, 5) is 16.0. The quantitative estimate of drug-likeness (QED) is 0.829. The summed E-state index contributed by atoms with van der Waals surface area (Å²) in [6.45, 7) is 1.98. The fraction of sp³-hybridized carbons (Fsp3) is 0.933. The van der Waals surface area contributed by atoms with E-state index in [9.17, 15) is 9.90 Å². The van der Waals surface area contributed by atoms with Crippen LogP contribution in [0.2, 0.25) is 0 Å². The van der Waals surface area contributed by atoms with Crippen LogP contribution in [-0.2, 0) is 4.79 Å². The Balaban J connectivity index is 1.99. The summed E-state index contributed by atoms with van der Waals surface area (Å²) in [5, 5.41) is 9.46. The van der Waals surface area contributed by atoms with Gasteiger partial charge in [-0.25, -0.2) is 0 Å². The third-order valence-corrected chi connectivity index (χ3v) is 4.81. The van der Waals surface area contributed by atoms with Gasteiger partial charge in [-0.05, 0) is 58.7 Å². The van der Waals surface area contributed by atoms with Crippen molar-refractivity contribution in [2.45, 2.75) is 57.0 Å².